The van der Waals surface area contributed by atoms with Crippen LogP contribution in [0.1, 0.15) is 29.0 Å². The van der Waals surface area contributed by atoms with Crippen LogP contribution in [0, 0.1) is 0 Å². The summed E-state index contributed by atoms with van der Waals surface area (Å²) in [6.07, 6.45) is 1.03. The third kappa shape index (κ3) is 2.51. The van der Waals surface area contributed by atoms with E-state index in [-0.39, 0.29) is 6.04 Å². The number of ether oxygens (including phenoxy) is 1. The Hall–Kier alpha value is -1.32. The summed E-state index contributed by atoms with van der Waals surface area (Å²) >= 11 is 1.73. The maximum Gasteiger partial charge on any atom is 0.118 e. The van der Waals surface area contributed by atoms with Gasteiger partial charge in [0.05, 0.1) is 13.2 Å². The highest BCUT2D eigenvalue weighted by molar-refractivity contribution is 7.10. The van der Waals surface area contributed by atoms with Crippen molar-refractivity contribution in [2.75, 3.05) is 7.11 Å². The van der Waals surface area contributed by atoms with E-state index >= 15 is 0 Å². The summed E-state index contributed by atoms with van der Waals surface area (Å²) in [5.41, 5.74) is 8.77. The molecule has 0 bridgehead atoms. The number of benzene rings is 1. The molecule has 1 heterocycles. The molecule has 0 saturated heterocycles. The van der Waals surface area contributed by atoms with Gasteiger partial charge >= 0.3 is 0 Å². The van der Waals surface area contributed by atoms with E-state index in [0.717, 1.165) is 17.7 Å². The molecule has 0 saturated carbocycles. The van der Waals surface area contributed by atoms with Gasteiger partial charge in [-0.3, -0.25) is 0 Å². The average molecular weight is 247 g/mol. The van der Waals surface area contributed by atoms with Crippen molar-refractivity contribution < 1.29 is 4.74 Å². The monoisotopic (exact) mass is 247 g/mol. The first-order chi connectivity index (χ1) is 8.26. The Kier molecular flexibility index (Phi) is 3.82. The van der Waals surface area contributed by atoms with Crippen LogP contribution >= 0.6 is 11.3 Å². The third-order valence-corrected chi connectivity index (χ3v) is 3.96. The summed E-state index contributed by atoms with van der Waals surface area (Å²) in [6.45, 7) is 2.16. The second-order valence-corrected chi connectivity index (χ2v) is 4.86. The lowest BCUT2D eigenvalue weighted by atomic mass is 10.0. The van der Waals surface area contributed by atoms with Gasteiger partial charge in [0.1, 0.15) is 5.75 Å². The number of nitrogens with two attached hydrogens (primary N) is 1. The van der Waals surface area contributed by atoms with Crippen molar-refractivity contribution in [2.24, 2.45) is 5.73 Å². The van der Waals surface area contributed by atoms with Crippen molar-refractivity contribution in [3.63, 3.8) is 0 Å². The van der Waals surface area contributed by atoms with E-state index < -0.39 is 0 Å². The highest BCUT2D eigenvalue weighted by Crippen LogP contribution is 2.29. The summed E-state index contributed by atoms with van der Waals surface area (Å²) in [7, 11) is 1.67. The van der Waals surface area contributed by atoms with Crippen LogP contribution in [0.15, 0.2) is 35.7 Å². The number of hydrogen-bond donors (Lipinski definition) is 1. The van der Waals surface area contributed by atoms with E-state index in [1.165, 1.54) is 10.4 Å². The summed E-state index contributed by atoms with van der Waals surface area (Å²) in [6, 6.07) is 10.1. The molecule has 2 rings (SSSR count). The topological polar surface area (TPSA) is 35.2 Å². The van der Waals surface area contributed by atoms with Gasteiger partial charge in [0, 0.05) is 4.88 Å². The summed E-state index contributed by atoms with van der Waals surface area (Å²) in [4.78, 5) is 1.26. The van der Waals surface area contributed by atoms with Crippen molar-refractivity contribution >= 4 is 11.3 Å². The molecule has 0 aliphatic rings. The SMILES string of the molecule is CCc1ccsc1C(N)c1ccc(OC)cc1. The van der Waals surface area contributed by atoms with Crippen LogP contribution in [0.25, 0.3) is 0 Å². The fraction of sp³-hybridized carbons (Fsp3) is 0.286. The van der Waals surface area contributed by atoms with Gasteiger partial charge in [-0.15, -0.1) is 11.3 Å². The van der Waals surface area contributed by atoms with Crippen molar-refractivity contribution in [3.8, 4) is 5.75 Å². The fourth-order valence-electron chi connectivity index (χ4n) is 1.88. The lowest BCUT2D eigenvalue weighted by molar-refractivity contribution is 0.414. The minimum Gasteiger partial charge on any atom is -0.497 e. The van der Waals surface area contributed by atoms with Gasteiger partial charge in [0.25, 0.3) is 0 Å². The predicted molar refractivity (Wildman–Crippen MR) is 72.7 cm³/mol. The van der Waals surface area contributed by atoms with Crippen LogP contribution in [-0.4, -0.2) is 7.11 Å². The molecule has 1 atom stereocenters. The smallest absolute Gasteiger partial charge is 0.118 e. The predicted octanol–water partition coefficient (Wildman–Crippen LogP) is 3.37. The van der Waals surface area contributed by atoms with Crippen LogP contribution in [0.5, 0.6) is 5.75 Å². The van der Waals surface area contributed by atoms with Gasteiger partial charge < -0.3 is 10.5 Å². The van der Waals surface area contributed by atoms with Gasteiger partial charge in [0.2, 0.25) is 0 Å². The lowest BCUT2D eigenvalue weighted by Gasteiger charge is -2.13. The zero-order chi connectivity index (χ0) is 12.3. The van der Waals surface area contributed by atoms with E-state index in [0.29, 0.717) is 0 Å². The van der Waals surface area contributed by atoms with Crippen molar-refractivity contribution in [3.05, 3.63) is 51.7 Å². The fourth-order valence-corrected chi connectivity index (χ4v) is 2.90. The molecule has 2 nitrogen and oxygen atoms in total. The van der Waals surface area contributed by atoms with Gasteiger partial charge in [-0.25, -0.2) is 0 Å². The Labute approximate surface area is 106 Å². The zero-order valence-electron chi connectivity index (χ0n) is 10.1. The first kappa shape index (κ1) is 12.1. The summed E-state index contributed by atoms with van der Waals surface area (Å²) in [5, 5.41) is 2.11. The molecule has 2 aromatic rings. The first-order valence-electron chi connectivity index (χ1n) is 5.72. The van der Waals surface area contributed by atoms with Gasteiger partial charge in [-0.05, 0) is 41.1 Å². The molecule has 0 aliphatic heterocycles. The van der Waals surface area contributed by atoms with Crippen molar-refractivity contribution in [2.45, 2.75) is 19.4 Å². The van der Waals surface area contributed by atoms with E-state index in [1.54, 1.807) is 18.4 Å². The van der Waals surface area contributed by atoms with Crippen molar-refractivity contribution in [1.82, 2.24) is 0 Å². The van der Waals surface area contributed by atoms with Crippen molar-refractivity contribution in [1.29, 1.82) is 0 Å². The number of thiophene rings is 1. The molecule has 0 fully saturated rings. The van der Waals surface area contributed by atoms with Gasteiger partial charge in [-0.2, -0.15) is 0 Å². The molecule has 3 heteroatoms. The Morgan fingerprint density at radius 3 is 2.53 bits per heavy atom. The van der Waals surface area contributed by atoms with Crippen LogP contribution in [0.2, 0.25) is 0 Å². The maximum atomic E-state index is 6.30. The van der Waals surface area contributed by atoms with E-state index in [9.17, 15) is 0 Å². The largest absolute Gasteiger partial charge is 0.497 e. The average Bonchev–Trinajstić information content (AvgIpc) is 2.86. The molecule has 2 N–H and O–H groups in total. The second kappa shape index (κ2) is 5.34. The molecule has 0 spiro atoms. The molecule has 1 aromatic carbocycles. The molecule has 17 heavy (non-hydrogen) atoms. The number of aryl methyl sites for hydroxylation is 1. The van der Waals surface area contributed by atoms with Crippen LogP contribution < -0.4 is 10.5 Å². The van der Waals surface area contributed by atoms with Gasteiger partial charge in [-0.1, -0.05) is 19.1 Å². The maximum absolute atomic E-state index is 6.30. The van der Waals surface area contributed by atoms with Gasteiger partial charge in [0.15, 0.2) is 0 Å². The second-order valence-electron chi connectivity index (χ2n) is 3.91. The minimum atomic E-state index is -0.0316. The first-order valence-corrected chi connectivity index (χ1v) is 6.60. The molecule has 1 aromatic heterocycles. The molecule has 0 aliphatic carbocycles. The summed E-state index contributed by atoms with van der Waals surface area (Å²) in [5.74, 6) is 0.864. The van der Waals surface area contributed by atoms with E-state index in [2.05, 4.69) is 18.4 Å². The molecule has 1 unspecified atom stereocenters. The molecule has 0 radical (unpaired) electrons. The molecule has 0 amide bonds. The van der Waals surface area contributed by atoms with E-state index in [4.69, 9.17) is 10.5 Å². The molecular weight excluding hydrogens is 230 g/mol. The Balaban J connectivity index is 2.27. The molecular formula is C14H17NOS. The third-order valence-electron chi connectivity index (χ3n) is 2.92. The number of hydrogen-bond acceptors (Lipinski definition) is 3. The Morgan fingerprint density at radius 1 is 1.24 bits per heavy atom. The Morgan fingerprint density at radius 2 is 1.94 bits per heavy atom. The number of methoxy groups -OCH3 is 1. The van der Waals surface area contributed by atoms with Crippen LogP contribution in [-0.2, 0) is 6.42 Å². The summed E-state index contributed by atoms with van der Waals surface area (Å²) < 4.78 is 5.15. The zero-order valence-corrected chi connectivity index (χ0v) is 11.0. The minimum absolute atomic E-state index is 0.0316. The van der Waals surface area contributed by atoms with E-state index in [1.807, 2.05) is 24.3 Å². The highest BCUT2D eigenvalue weighted by atomic mass is 32.1. The normalized spacial score (nSPS) is 12.4. The Bertz CT molecular complexity index is 475. The molecule has 90 valence electrons. The standard InChI is InChI=1S/C14H17NOS/c1-3-10-8-9-17-14(10)13(15)11-4-6-12(16-2)7-5-11/h4-9,13H,3,15H2,1-2H3. The number of rotatable bonds is 4. The quantitative estimate of drug-likeness (QED) is 0.899. The highest BCUT2D eigenvalue weighted by Gasteiger charge is 2.13. The van der Waals surface area contributed by atoms with Crippen LogP contribution in [0.4, 0.5) is 0 Å². The lowest BCUT2D eigenvalue weighted by Crippen LogP contribution is -2.11. The van der Waals surface area contributed by atoms with Crippen LogP contribution in [0.3, 0.4) is 0 Å².